The van der Waals surface area contributed by atoms with Crippen LogP contribution in [0.25, 0.3) is 21.6 Å². The van der Waals surface area contributed by atoms with Crippen molar-refractivity contribution in [2.24, 2.45) is 17.6 Å². The van der Waals surface area contributed by atoms with Gasteiger partial charge in [-0.25, -0.2) is 23.1 Å². The summed E-state index contributed by atoms with van der Waals surface area (Å²) in [5.41, 5.74) is 9.26. The Labute approximate surface area is 384 Å². The van der Waals surface area contributed by atoms with Gasteiger partial charge in [0.15, 0.2) is 0 Å². The highest BCUT2D eigenvalue weighted by atomic mass is 32.2. The van der Waals surface area contributed by atoms with E-state index in [4.69, 9.17) is 25.2 Å². The summed E-state index contributed by atoms with van der Waals surface area (Å²) >= 11 is 1.49. The topological polar surface area (TPSA) is 231 Å². The number of nitrogens with one attached hydrogen (secondary N) is 2. The number of carbonyl (C=O) groups is 4. The number of nitrogens with two attached hydrogens (primary N) is 1. The highest BCUT2D eigenvalue weighted by Crippen LogP contribution is 2.38. The van der Waals surface area contributed by atoms with Gasteiger partial charge in [-0.3, -0.25) is 23.9 Å². The zero-order valence-electron chi connectivity index (χ0n) is 38.0. The predicted molar refractivity (Wildman–Crippen MR) is 247 cm³/mol. The van der Waals surface area contributed by atoms with Gasteiger partial charge in [0.05, 0.1) is 36.3 Å². The van der Waals surface area contributed by atoms with Crippen molar-refractivity contribution in [3.05, 3.63) is 58.9 Å². The molecule has 1 saturated heterocycles. The number of allylic oxidation sites excluding steroid dienone is 2. The van der Waals surface area contributed by atoms with Crippen molar-refractivity contribution in [2.75, 3.05) is 13.7 Å². The lowest BCUT2D eigenvalue weighted by Crippen LogP contribution is -2.53. The molecule has 2 saturated carbocycles. The molecule has 350 valence electrons. The van der Waals surface area contributed by atoms with Crippen LogP contribution in [0.5, 0.6) is 11.5 Å². The maximum absolute atomic E-state index is 14.6. The van der Waals surface area contributed by atoms with Crippen LogP contribution in [-0.4, -0.2) is 99.0 Å². The van der Waals surface area contributed by atoms with E-state index in [0.717, 1.165) is 53.8 Å². The number of pyridine rings is 1. The van der Waals surface area contributed by atoms with Gasteiger partial charge in [0.1, 0.15) is 46.1 Å². The third-order valence-corrected chi connectivity index (χ3v) is 15.3. The molecule has 0 bridgehead atoms. The molecule has 4 amide bonds. The van der Waals surface area contributed by atoms with Crippen LogP contribution in [0.2, 0.25) is 0 Å². The normalized spacial score (nSPS) is 20.5. The van der Waals surface area contributed by atoms with Gasteiger partial charge in [0.2, 0.25) is 27.7 Å². The quantitative estimate of drug-likeness (QED) is 0.0671. The van der Waals surface area contributed by atoms with Crippen molar-refractivity contribution < 1.29 is 37.1 Å². The molecule has 4 aromatic rings. The number of amides is 4. The minimum Gasteiger partial charge on any atom is -0.496 e. The number of hydrogen-bond donors (Lipinski definition) is 3. The van der Waals surface area contributed by atoms with E-state index in [1.165, 1.54) is 27.1 Å². The number of sulfonamides is 1. The van der Waals surface area contributed by atoms with Gasteiger partial charge < -0.3 is 25.4 Å². The number of likely N-dealkylation sites (tertiary alicyclic amines) is 1. The van der Waals surface area contributed by atoms with Gasteiger partial charge in [-0.1, -0.05) is 50.5 Å². The van der Waals surface area contributed by atoms with E-state index in [0.29, 0.717) is 48.4 Å². The number of ether oxygens (including phenoxy) is 2. The van der Waals surface area contributed by atoms with E-state index in [9.17, 15) is 27.6 Å². The molecule has 1 unspecified atom stereocenters. The minimum atomic E-state index is -3.59. The summed E-state index contributed by atoms with van der Waals surface area (Å²) in [6.07, 6.45) is 11.6. The molecule has 1 aliphatic heterocycles. The first kappa shape index (κ1) is 47.5. The van der Waals surface area contributed by atoms with E-state index >= 15 is 0 Å². The summed E-state index contributed by atoms with van der Waals surface area (Å²) in [5, 5.41) is 13.9. The van der Waals surface area contributed by atoms with Crippen molar-refractivity contribution in [3.63, 3.8) is 0 Å². The predicted octanol–water partition coefficient (Wildman–Crippen LogP) is 6.13. The molecule has 17 nitrogen and oxygen atoms in total. The smallest absolute Gasteiger partial charge is 0.271 e. The summed E-state index contributed by atoms with van der Waals surface area (Å²) in [5.74, 6) is -1.03. The van der Waals surface area contributed by atoms with Crippen molar-refractivity contribution >= 4 is 55.9 Å². The first-order valence-electron chi connectivity index (χ1n) is 22.7. The molecule has 7 rings (SSSR count). The van der Waals surface area contributed by atoms with Crippen LogP contribution in [0.1, 0.15) is 132 Å². The second-order valence-electron chi connectivity index (χ2n) is 18.1. The fraction of sp³-hybridized carbons (Fsp3) is 0.565. The van der Waals surface area contributed by atoms with Gasteiger partial charge in [-0.15, -0.1) is 16.4 Å². The van der Waals surface area contributed by atoms with Gasteiger partial charge in [-0.05, 0) is 89.7 Å². The summed E-state index contributed by atoms with van der Waals surface area (Å²) in [6, 6.07) is 3.43. The van der Waals surface area contributed by atoms with Crippen LogP contribution in [0, 0.1) is 18.8 Å². The third kappa shape index (κ3) is 11.0. The van der Waals surface area contributed by atoms with Crippen LogP contribution in [0.15, 0.2) is 41.9 Å². The first-order chi connectivity index (χ1) is 31.1. The molecule has 0 radical (unpaired) electrons. The largest absolute Gasteiger partial charge is 0.496 e. The fourth-order valence-electron chi connectivity index (χ4n) is 8.81. The summed E-state index contributed by atoms with van der Waals surface area (Å²) in [6.45, 7) is 9.89. The molecule has 1 aromatic carbocycles. The lowest BCUT2D eigenvalue weighted by Gasteiger charge is -2.28. The average molecular weight is 932 g/mol. The van der Waals surface area contributed by atoms with Crippen LogP contribution in [-0.2, 0) is 24.4 Å². The summed E-state index contributed by atoms with van der Waals surface area (Å²) in [7, 11) is -1.99. The number of primary amides is 1. The Bertz CT molecular complexity index is 2530. The molecule has 0 spiro atoms. The minimum absolute atomic E-state index is 0.0234. The van der Waals surface area contributed by atoms with Crippen molar-refractivity contribution in [1.82, 2.24) is 39.9 Å². The van der Waals surface area contributed by atoms with E-state index in [2.05, 4.69) is 34.2 Å². The van der Waals surface area contributed by atoms with Crippen LogP contribution >= 0.6 is 11.3 Å². The number of nitrogens with zero attached hydrogens (tertiary/aromatic N) is 6. The summed E-state index contributed by atoms with van der Waals surface area (Å²) < 4.78 is 40.9. The van der Waals surface area contributed by atoms with Crippen LogP contribution < -0.4 is 25.2 Å². The lowest BCUT2D eigenvalue weighted by atomic mass is 9.94. The maximum atomic E-state index is 14.6. The Balaban J connectivity index is 1.05. The lowest BCUT2D eigenvalue weighted by molar-refractivity contribution is -0.139. The zero-order chi connectivity index (χ0) is 46.6. The molecule has 5 atom stereocenters. The van der Waals surface area contributed by atoms with Gasteiger partial charge in [0.25, 0.3) is 5.91 Å². The Hall–Kier alpha value is -5.43. The SMILES string of the molecule is COc1ccc2c(O[C@@H]3C[C@@H](C(N)=O)N(C(=O)[C@H](CCCCC/C=C\[C@@H]4CCCC4C(=O)NS(=O)(=O)C4CC4)NC(=O)c4cnnn4C(C)C)C3)cc(-c3nc(C(C)C)cs3)nc2c1C. The number of fused-ring (bicyclic) bond motifs is 1. The number of rotatable bonds is 20. The Morgan fingerprint density at radius 3 is 2.51 bits per heavy atom. The number of methoxy groups -OCH3 is 1. The Morgan fingerprint density at radius 1 is 1.03 bits per heavy atom. The molecular weight excluding hydrogens is 871 g/mol. The second kappa shape index (κ2) is 20.4. The molecule has 3 aromatic heterocycles. The highest BCUT2D eigenvalue weighted by Gasteiger charge is 2.43. The second-order valence-corrected chi connectivity index (χ2v) is 20.9. The fourth-order valence-corrected chi connectivity index (χ4v) is 11.1. The molecule has 65 heavy (non-hydrogen) atoms. The van der Waals surface area contributed by atoms with Crippen molar-refractivity contribution in [2.45, 2.75) is 141 Å². The van der Waals surface area contributed by atoms with Crippen molar-refractivity contribution in [1.29, 1.82) is 0 Å². The number of benzene rings is 1. The third-order valence-electron chi connectivity index (χ3n) is 12.6. The zero-order valence-corrected chi connectivity index (χ0v) is 39.6. The molecule has 4 heterocycles. The number of thiazole rings is 1. The number of unbranched alkanes of at least 4 members (excludes halogenated alkanes) is 3. The van der Waals surface area contributed by atoms with Crippen LogP contribution in [0.3, 0.4) is 0 Å². The van der Waals surface area contributed by atoms with Gasteiger partial charge in [-0.2, -0.15) is 0 Å². The highest BCUT2D eigenvalue weighted by molar-refractivity contribution is 7.90. The van der Waals surface area contributed by atoms with E-state index in [1.807, 2.05) is 56.5 Å². The number of aromatic nitrogens is 5. The maximum Gasteiger partial charge on any atom is 0.271 e. The monoisotopic (exact) mass is 931 g/mol. The first-order valence-corrected chi connectivity index (χ1v) is 25.1. The molecule has 19 heteroatoms. The standard InChI is InChI=1S/C46H61N9O8S2/c1-26(2)36-25-64-45(51-36)35-22-40(33-19-20-39(62-6)28(5)41(33)49-35)63-30-21-37(42(47)56)54(24-30)46(59)34(50-44(58)38-23-48-53-55(38)27(3)4)16-11-9-7-8-10-13-29-14-12-15-32(29)43(57)52-65(60,61)31-17-18-31/h10,13,19-20,22-23,25-27,29-32,34,37H,7-9,11-12,14-18,21,24H2,1-6H3,(H2,47,56)(H,50,58)(H,52,57)/b13-10-/t29-,30-,32?,34+,37+/m1/s1. The van der Waals surface area contributed by atoms with E-state index < -0.39 is 57.1 Å². The van der Waals surface area contributed by atoms with Gasteiger partial charge in [0, 0.05) is 40.8 Å². The Kier molecular flexibility index (Phi) is 14.9. The van der Waals surface area contributed by atoms with Crippen LogP contribution in [0.4, 0.5) is 0 Å². The molecular formula is C46H61N9O8S2. The van der Waals surface area contributed by atoms with Gasteiger partial charge >= 0.3 is 0 Å². The molecule has 3 aliphatic rings. The average Bonchev–Trinajstić information content (AvgIpc) is 3.66. The Morgan fingerprint density at radius 2 is 1.82 bits per heavy atom. The number of carbonyl (C=O) groups excluding carboxylic acids is 4. The molecule has 3 fully saturated rings. The van der Waals surface area contributed by atoms with E-state index in [1.54, 1.807) is 7.11 Å². The summed E-state index contributed by atoms with van der Waals surface area (Å²) in [4.78, 5) is 65.6. The van der Waals surface area contributed by atoms with Crippen molar-refractivity contribution in [3.8, 4) is 22.2 Å². The number of aryl methyl sites for hydroxylation is 1. The molecule has 4 N–H and O–H groups in total. The van der Waals surface area contributed by atoms with E-state index in [-0.39, 0.29) is 48.9 Å². The molecule has 2 aliphatic carbocycles. The number of hydrogen-bond acceptors (Lipinski definition) is 13.